The molecule has 0 aliphatic rings. The SMILES string of the molecule is Cc1cc(CC(=O)O)c(C#N)nc1C(F)F. The van der Waals surface area contributed by atoms with E-state index < -0.39 is 24.5 Å². The van der Waals surface area contributed by atoms with Gasteiger partial charge < -0.3 is 5.11 Å². The normalized spacial score (nSPS) is 10.2. The summed E-state index contributed by atoms with van der Waals surface area (Å²) >= 11 is 0. The van der Waals surface area contributed by atoms with Crippen LogP contribution in [0.2, 0.25) is 0 Å². The van der Waals surface area contributed by atoms with Crippen LogP contribution < -0.4 is 0 Å². The van der Waals surface area contributed by atoms with Gasteiger partial charge in [0, 0.05) is 0 Å². The van der Waals surface area contributed by atoms with Crippen molar-refractivity contribution in [1.82, 2.24) is 4.98 Å². The van der Waals surface area contributed by atoms with Crippen molar-refractivity contribution >= 4 is 5.97 Å². The summed E-state index contributed by atoms with van der Waals surface area (Å²) in [5.74, 6) is -1.14. The number of nitriles is 1. The van der Waals surface area contributed by atoms with Crippen LogP contribution in [0.5, 0.6) is 0 Å². The summed E-state index contributed by atoms with van der Waals surface area (Å²) in [7, 11) is 0. The molecule has 0 aliphatic heterocycles. The molecule has 0 radical (unpaired) electrons. The van der Waals surface area contributed by atoms with Gasteiger partial charge in [0.05, 0.1) is 6.42 Å². The zero-order valence-corrected chi connectivity index (χ0v) is 8.37. The van der Waals surface area contributed by atoms with Crippen molar-refractivity contribution in [2.24, 2.45) is 0 Å². The summed E-state index contributed by atoms with van der Waals surface area (Å²) in [6.07, 6.45) is -3.17. The number of carboxylic acids is 1. The summed E-state index contributed by atoms with van der Waals surface area (Å²) in [5.41, 5.74) is -0.406. The topological polar surface area (TPSA) is 74.0 Å². The number of pyridine rings is 1. The monoisotopic (exact) mass is 226 g/mol. The number of aryl methyl sites for hydroxylation is 1. The van der Waals surface area contributed by atoms with Crippen molar-refractivity contribution < 1.29 is 18.7 Å². The van der Waals surface area contributed by atoms with Crippen LogP contribution >= 0.6 is 0 Å². The first-order valence-corrected chi connectivity index (χ1v) is 4.36. The average Bonchev–Trinajstić information content (AvgIpc) is 2.16. The van der Waals surface area contributed by atoms with Gasteiger partial charge >= 0.3 is 5.97 Å². The third-order valence-corrected chi connectivity index (χ3v) is 1.99. The van der Waals surface area contributed by atoms with Crippen LogP contribution in [-0.2, 0) is 11.2 Å². The Bertz CT molecular complexity index is 467. The zero-order valence-electron chi connectivity index (χ0n) is 8.37. The summed E-state index contributed by atoms with van der Waals surface area (Å²) in [6, 6.07) is 2.88. The lowest BCUT2D eigenvalue weighted by Gasteiger charge is -2.07. The van der Waals surface area contributed by atoms with E-state index >= 15 is 0 Å². The lowest BCUT2D eigenvalue weighted by molar-refractivity contribution is -0.136. The number of hydrogen-bond donors (Lipinski definition) is 1. The van der Waals surface area contributed by atoms with Crippen LogP contribution in [0.3, 0.4) is 0 Å². The largest absolute Gasteiger partial charge is 0.481 e. The minimum atomic E-state index is -2.77. The molecule has 0 aliphatic carbocycles. The Labute approximate surface area is 90.2 Å². The zero-order chi connectivity index (χ0) is 12.3. The molecule has 1 aromatic rings. The van der Waals surface area contributed by atoms with Gasteiger partial charge in [0.15, 0.2) is 0 Å². The molecule has 0 atom stereocenters. The predicted molar refractivity (Wildman–Crippen MR) is 50.0 cm³/mol. The Morgan fingerprint density at radius 3 is 2.75 bits per heavy atom. The van der Waals surface area contributed by atoms with Gasteiger partial charge in [-0.05, 0) is 18.1 Å². The fourth-order valence-electron chi connectivity index (χ4n) is 1.30. The number of hydrogen-bond acceptors (Lipinski definition) is 3. The van der Waals surface area contributed by atoms with Crippen molar-refractivity contribution in [3.8, 4) is 6.07 Å². The molecule has 84 valence electrons. The highest BCUT2D eigenvalue weighted by Crippen LogP contribution is 2.22. The van der Waals surface area contributed by atoms with Gasteiger partial charge in [-0.3, -0.25) is 4.79 Å². The maximum absolute atomic E-state index is 12.5. The number of aliphatic carboxylic acids is 1. The molecule has 0 bridgehead atoms. The Morgan fingerprint density at radius 1 is 1.69 bits per heavy atom. The van der Waals surface area contributed by atoms with Crippen molar-refractivity contribution in [2.75, 3.05) is 0 Å². The summed E-state index contributed by atoms with van der Waals surface area (Å²) in [6.45, 7) is 1.40. The van der Waals surface area contributed by atoms with Gasteiger partial charge in [-0.25, -0.2) is 13.8 Å². The quantitative estimate of drug-likeness (QED) is 0.853. The Morgan fingerprint density at radius 2 is 2.31 bits per heavy atom. The van der Waals surface area contributed by atoms with E-state index in [0.717, 1.165) is 0 Å². The Balaban J connectivity index is 3.27. The number of alkyl halides is 2. The van der Waals surface area contributed by atoms with Crippen LogP contribution in [0.1, 0.15) is 28.9 Å². The van der Waals surface area contributed by atoms with Gasteiger partial charge in [-0.15, -0.1) is 0 Å². The van der Waals surface area contributed by atoms with Crippen LogP contribution in [0.4, 0.5) is 8.78 Å². The molecule has 16 heavy (non-hydrogen) atoms. The molecular formula is C10H8F2N2O2. The smallest absolute Gasteiger partial charge is 0.307 e. The van der Waals surface area contributed by atoms with Crippen molar-refractivity contribution in [3.05, 3.63) is 28.6 Å². The fourth-order valence-corrected chi connectivity index (χ4v) is 1.30. The fraction of sp³-hybridized carbons (Fsp3) is 0.300. The van der Waals surface area contributed by atoms with Crippen LogP contribution in [0.15, 0.2) is 6.07 Å². The predicted octanol–water partition coefficient (Wildman–Crippen LogP) is 1.83. The van der Waals surface area contributed by atoms with E-state index in [4.69, 9.17) is 10.4 Å². The second-order valence-electron chi connectivity index (χ2n) is 3.18. The molecule has 0 saturated heterocycles. The maximum Gasteiger partial charge on any atom is 0.307 e. The standard InChI is InChI=1S/C10H8F2N2O2/c1-5-2-6(3-8(15)16)7(4-13)14-9(5)10(11)12/h2,10H,3H2,1H3,(H,15,16). The first kappa shape index (κ1) is 12.0. The molecule has 0 fully saturated rings. The summed E-state index contributed by atoms with van der Waals surface area (Å²) in [4.78, 5) is 14.0. The molecule has 4 nitrogen and oxygen atoms in total. The highest BCUT2D eigenvalue weighted by molar-refractivity contribution is 5.71. The number of aromatic nitrogens is 1. The molecule has 0 aromatic carbocycles. The van der Waals surface area contributed by atoms with E-state index in [1.807, 2.05) is 0 Å². The third kappa shape index (κ3) is 2.51. The number of carbonyl (C=O) groups is 1. The van der Waals surface area contributed by atoms with Crippen molar-refractivity contribution in [2.45, 2.75) is 19.8 Å². The first-order valence-electron chi connectivity index (χ1n) is 4.36. The first-order chi connectivity index (χ1) is 7.45. The molecule has 6 heteroatoms. The highest BCUT2D eigenvalue weighted by atomic mass is 19.3. The minimum absolute atomic E-state index is 0.150. The number of rotatable bonds is 3. The van der Waals surface area contributed by atoms with Gasteiger partial charge in [-0.2, -0.15) is 5.26 Å². The van der Waals surface area contributed by atoms with Crippen LogP contribution in [-0.4, -0.2) is 16.1 Å². The van der Waals surface area contributed by atoms with Crippen LogP contribution in [0, 0.1) is 18.3 Å². The van der Waals surface area contributed by atoms with E-state index in [9.17, 15) is 13.6 Å². The van der Waals surface area contributed by atoms with E-state index in [2.05, 4.69) is 4.98 Å². The lowest BCUT2D eigenvalue weighted by atomic mass is 10.1. The van der Waals surface area contributed by atoms with E-state index in [1.54, 1.807) is 6.07 Å². The molecule has 0 spiro atoms. The molecule has 1 N–H and O–H groups in total. The van der Waals surface area contributed by atoms with E-state index in [-0.39, 0.29) is 16.8 Å². The Kier molecular flexibility index (Phi) is 3.51. The van der Waals surface area contributed by atoms with Crippen LogP contribution in [0.25, 0.3) is 0 Å². The third-order valence-electron chi connectivity index (χ3n) is 1.99. The number of halogens is 2. The molecule has 1 heterocycles. The molecule has 1 aromatic heterocycles. The van der Waals surface area contributed by atoms with E-state index in [1.165, 1.54) is 13.0 Å². The number of carboxylic acid groups (broad SMARTS) is 1. The molecule has 0 unspecified atom stereocenters. The van der Waals surface area contributed by atoms with Gasteiger partial charge in [-0.1, -0.05) is 6.07 Å². The van der Waals surface area contributed by atoms with Crippen molar-refractivity contribution in [3.63, 3.8) is 0 Å². The molecule has 1 rings (SSSR count). The minimum Gasteiger partial charge on any atom is -0.481 e. The Hall–Kier alpha value is -2.03. The number of nitrogens with zero attached hydrogens (tertiary/aromatic N) is 2. The average molecular weight is 226 g/mol. The molecule has 0 amide bonds. The second kappa shape index (κ2) is 4.66. The van der Waals surface area contributed by atoms with E-state index in [0.29, 0.717) is 0 Å². The summed E-state index contributed by atoms with van der Waals surface area (Å²) in [5, 5.41) is 17.2. The van der Waals surface area contributed by atoms with Gasteiger partial charge in [0.1, 0.15) is 17.5 Å². The highest BCUT2D eigenvalue weighted by Gasteiger charge is 2.17. The molecule has 0 saturated carbocycles. The molecular weight excluding hydrogens is 218 g/mol. The maximum atomic E-state index is 12.5. The van der Waals surface area contributed by atoms with Gasteiger partial charge in [0.25, 0.3) is 6.43 Å². The summed E-state index contributed by atoms with van der Waals surface area (Å²) < 4.78 is 24.9. The van der Waals surface area contributed by atoms with Gasteiger partial charge in [0.2, 0.25) is 0 Å². The van der Waals surface area contributed by atoms with Crippen molar-refractivity contribution in [1.29, 1.82) is 5.26 Å². The lowest BCUT2D eigenvalue weighted by Crippen LogP contribution is -2.07. The second-order valence-corrected chi connectivity index (χ2v) is 3.18.